The summed E-state index contributed by atoms with van der Waals surface area (Å²) in [5.74, 6) is -1.16. The van der Waals surface area contributed by atoms with Crippen molar-refractivity contribution in [2.45, 2.75) is 12.5 Å². The number of carbonyl (C=O) groups excluding carboxylic acids is 1. The summed E-state index contributed by atoms with van der Waals surface area (Å²) in [5.41, 5.74) is 0.130. The summed E-state index contributed by atoms with van der Waals surface area (Å²) in [5, 5.41) is 11.0. The van der Waals surface area contributed by atoms with Crippen molar-refractivity contribution in [1.82, 2.24) is 4.90 Å². The lowest BCUT2D eigenvalue weighted by atomic mass is 9.98. The Balaban J connectivity index is 1.89. The molecule has 1 aromatic heterocycles. The lowest BCUT2D eigenvalue weighted by Crippen LogP contribution is -2.31. The molecule has 0 bridgehead atoms. The van der Waals surface area contributed by atoms with Crippen LogP contribution in [0.15, 0.2) is 51.7 Å². The third-order valence-electron chi connectivity index (χ3n) is 5.09. The number of hydrogen-bond acceptors (Lipinski definition) is 6. The molecule has 0 spiro atoms. The van der Waals surface area contributed by atoms with Gasteiger partial charge in [-0.05, 0) is 42.3 Å². The van der Waals surface area contributed by atoms with Gasteiger partial charge in [-0.2, -0.15) is 0 Å². The van der Waals surface area contributed by atoms with Crippen LogP contribution < -0.4 is 5.43 Å². The van der Waals surface area contributed by atoms with E-state index in [4.69, 9.17) is 9.15 Å². The third-order valence-corrected chi connectivity index (χ3v) is 5.09. The maximum absolute atomic E-state index is 13.7. The molecule has 0 aliphatic carbocycles. The highest BCUT2D eigenvalue weighted by atomic mass is 19.1. The highest BCUT2D eigenvalue weighted by Crippen LogP contribution is 2.38. The van der Waals surface area contributed by atoms with Gasteiger partial charge in [-0.3, -0.25) is 19.7 Å². The Labute approximate surface area is 169 Å². The van der Waals surface area contributed by atoms with E-state index in [9.17, 15) is 24.1 Å². The Hall–Kier alpha value is -3.59. The van der Waals surface area contributed by atoms with Crippen LogP contribution in [-0.4, -0.2) is 36.0 Å². The summed E-state index contributed by atoms with van der Waals surface area (Å²) in [4.78, 5) is 38.2. The molecular weight excluding hydrogens is 395 g/mol. The van der Waals surface area contributed by atoms with Crippen LogP contribution in [0.25, 0.3) is 11.0 Å². The zero-order valence-electron chi connectivity index (χ0n) is 16.0. The first kappa shape index (κ1) is 19.7. The van der Waals surface area contributed by atoms with Crippen LogP contribution in [0.1, 0.15) is 34.1 Å². The number of amides is 1. The van der Waals surface area contributed by atoms with Gasteiger partial charge in [0.1, 0.15) is 11.4 Å². The zero-order chi connectivity index (χ0) is 21.4. The van der Waals surface area contributed by atoms with Crippen molar-refractivity contribution in [2.75, 3.05) is 20.3 Å². The van der Waals surface area contributed by atoms with E-state index in [1.165, 1.54) is 35.2 Å². The Kier molecular flexibility index (Phi) is 5.04. The second-order valence-corrected chi connectivity index (χ2v) is 6.91. The number of hydrogen-bond donors (Lipinski definition) is 0. The van der Waals surface area contributed by atoms with E-state index in [0.29, 0.717) is 18.6 Å². The molecule has 0 saturated carbocycles. The number of benzene rings is 2. The van der Waals surface area contributed by atoms with Gasteiger partial charge in [0.25, 0.3) is 11.6 Å². The first-order valence-corrected chi connectivity index (χ1v) is 9.23. The summed E-state index contributed by atoms with van der Waals surface area (Å²) in [7, 11) is 1.54. The minimum atomic E-state index is -0.797. The van der Waals surface area contributed by atoms with Crippen LogP contribution in [0.3, 0.4) is 0 Å². The van der Waals surface area contributed by atoms with Gasteiger partial charge >= 0.3 is 0 Å². The van der Waals surface area contributed by atoms with E-state index in [0.717, 1.165) is 12.1 Å². The minimum absolute atomic E-state index is 0.0344. The highest BCUT2D eigenvalue weighted by molar-refractivity contribution is 5.99. The molecule has 1 aliphatic heterocycles. The second-order valence-electron chi connectivity index (χ2n) is 6.91. The monoisotopic (exact) mass is 412 g/mol. The van der Waals surface area contributed by atoms with Crippen LogP contribution >= 0.6 is 0 Å². The van der Waals surface area contributed by atoms with Gasteiger partial charge in [0.15, 0.2) is 5.43 Å². The van der Waals surface area contributed by atoms with Crippen LogP contribution in [0.5, 0.6) is 0 Å². The Morgan fingerprint density at radius 2 is 1.93 bits per heavy atom. The number of rotatable bonds is 6. The van der Waals surface area contributed by atoms with Crippen molar-refractivity contribution in [3.8, 4) is 0 Å². The summed E-state index contributed by atoms with van der Waals surface area (Å²) in [6, 6.07) is 8.38. The number of nitro benzene ring substituents is 1. The largest absolute Gasteiger partial charge is 0.450 e. The molecule has 3 aromatic rings. The number of fused-ring (bicyclic) bond motifs is 2. The van der Waals surface area contributed by atoms with Gasteiger partial charge in [0.2, 0.25) is 5.76 Å². The van der Waals surface area contributed by atoms with E-state index in [-0.39, 0.29) is 34.5 Å². The Morgan fingerprint density at radius 3 is 2.60 bits per heavy atom. The topological polar surface area (TPSA) is 103 Å². The van der Waals surface area contributed by atoms with Gasteiger partial charge in [-0.25, -0.2) is 4.39 Å². The number of nitro groups is 1. The van der Waals surface area contributed by atoms with Gasteiger partial charge in [0, 0.05) is 32.4 Å². The predicted octanol–water partition coefficient (Wildman–Crippen LogP) is 3.42. The fraction of sp³-hybridized carbons (Fsp3) is 0.238. The normalized spacial score (nSPS) is 15.6. The van der Waals surface area contributed by atoms with E-state index in [1.54, 1.807) is 7.11 Å². The average molecular weight is 412 g/mol. The Morgan fingerprint density at radius 1 is 1.20 bits per heavy atom. The maximum Gasteiger partial charge on any atom is 0.290 e. The third kappa shape index (κ3) is 3.22. The van der Waals surface area contributed by atoms with Crippen LogP contribution in [0.2, 0.25) is 0 Å². The first-order valence-electron chi connectivity index (χ1n) is 9.23. The van der Waals surface area contributed by atoms with Crippen LogP contribution in [0.4, 0.5) is 10.1 Å². The molecule has 8 nitrogen and oxygen atoms in total. The lowest BCUT2D eigenvalue weighted by molar-refractivity contribution is -0.384. The van der Waals surface area contributed by atoms with Gasteiger partial charge in [0.05, 0.1) is 21.9 Å². The first-order chi connectivity index (χ1) is 14.4. The fourth-order valence-electron chi connectivity index (χ4n) is 3.73. The molecule has 1 unspecified atom stereocenters. The second kappa shape index (κ2) is 7.68. The molecule has 0 fully saturated rings. The molecule has 1 atom stereocenters. The number of non-ortho nitro benzene ring substituents is 1. The number of ether oxygens (including phenoxy) is 1. The molecule has 2 heterocycles. The predicted molar refractivity (Wildman–Crippen MR) is 105 cm³/mol. The van der Waals surface area contributed by atoms with Crippen LogP contribution in [0, 0.1) is 15.9 Å². The maximum atomic E-state index is 13.7. The van der Waals surface area contributed by atoms with Crippen molar-refractivity contribution in [3.05, 3.63) is 85.5 Å². The van der Waals surface area contributed by atoms with Crippen molar-refractivity contribution in [3.63, 3.8) is 0 Å². The number of carbonyl (C=O) groups is 1. The molecule has 1 amide bonds. The fourth-order valence-corrected chi connectivity index (χ4v) is 3.73. The summed E-state index contributed by atoms with van der Waals surface area (Å²) in [6.07, 6.45) is 0.516. The van der Waals surface area contributed by atoms with E-state index < -0.39 is 28.1 Å². The summed E-state index contributed by atoms with van der Waals surface area (Å²) < 4.78 is 24.5. The smallest absolute Gasteiger partial charge is 0.290 e. The van der Waals surface area contributed by atoms with Crippen molar-refractivity contribution in [2.24, 2.45) is 0 Å². The lowest BCUT2D eigenvalue weighted by Gasteiger charge is -2.25. The molecular formula is C21H17FN2O6. The van der Waals surface area contributed by atoms with Crippen LogP contribution in [-0.2, 0) is 4.74 Å². The highest BCUT2D eigenvalue weighted by Gasteiger charge is 2.42. The van der Waals surface area contributed by atoms with E-state index in [2.05, 4.69) is 0 Å². The minimum Gasteiger partial charge on any atom is -0.450 e. The quantitative estimate of drug-likeness (QED) is 0.349. The van der Waals surface area contributed by atoms with Crippen molar-refractivity contribution >= 4 is 22.6 Å². The molecule has 4 rings (SSSR count). The van der Waals surface area contributed by atoms with E-state index in [1.807, 2.05) is 0 Å². The SMILES string of the molecule is COCCCN1C(=O)c2oc3ccc(F)cc3c(=O)c2C1c1ccc([N+](=O)[O-])cc1. The van der Waals surface area contributed by atoms with Crippen molar-refractivity contribution < 1.29 is 23.3 Å². The Bertz CT molecular complexity index is 1200. The molecule has 0 saturated heterocycles. The van der Waals surface area contributed by atoms with Gasteiger partial charge in [-0.1, -0.05) is 0 Å². The molecule has 0 N–H and O–H groups in total. The zero-order valence-corrected chi connectivity index (χ0v) is 16.0. The van der Waals surface area contributed by atoms with E-state index >= 15 is 0 Å². The van der Waals surface area contributed by atoms with Crippen molar-refractivity contribution in [1.29, 1.82) is 0 Å². The number of methoxy groups -OCH3 is 1. The molecule has 1 aliphatic rings. The molecule has 154 valence electrons. The molecule has 2 aromatic carbocycles. The summed E-state index contributed by atoms with van der Waals surface area (Å²) >= 11 is 0. The standard InChI is InChI=1S/C21H17FN2O6/c1-29-10-2-9-23-18(12-3-6-14(7-4-12)24(27)28)17-19(25)15-11-13(22)5-8-16(15)30-20(17)21(23)26/h3-8,11,18H,2,9-10H2,1H3. The number of halogens is 1. The molecule has 0 radical (unpaired) electrons. The number of nitrogens with zero attached hydrogens (tertiary/aromatic N) is 2. The average Bonchev–Trinajstić information content (AvgIpc) is 3.01. The van der Waals surface area contributed by atoms with Gasteiger partial charge in [-0.15, -0.1) is 0 Å². The molecule has 9 heteroatoms. The summed E-state index contributed by atoms with van der Waals surface area (Å²) in [6.45, 7) is 0.685. The van der Waals surface area contributed by atoms with Gasteiger partial charge < -0.3 is 14.1 Å². The molecule has 30 heavy (non-hydrogen) atoms.